The van der Waals surface area contributed by atoms with Gasteiger partial charge in [-0.3, -0.25) is 4.79 Å². The number of rotatable bonds is 5. The number of nitrogens with two attached hydrogens (primary N) is 1. The third-order valence-electron chi connectivity index (χ3n) is 4.19. The molecule has 0 saturated carbocycles. The minimum absolute atomic E-state index is 0.0213. The maximum atomic E-state index is 13.0. The van der Waals surface area contributed by atoms with Crippen molar-refractivity contribution in [1.82, 2.24) is 30.7 Å². The smallest absolute Gasteiger partial charge is 0.292 e. The number of benzene rings is 2. The van der Waals surface area contributed by atoms with E-state index in [0.29, 0.717) is 11.3 Å². The van der Waals surface area contributed by atoms with E-state index in [1.807, 2.05) is 61.5 Å². The summed E-state index contributed by atoms with van der Waals surface area (Å²) in [4.78, 5) is 13.0. The van der Waals surface area contributed by atoms with E-state index in [1.54, 1.807) is 6.21 Å². The lowest BCUT2D eigenvalue weighted by molar-refractivity contribution is 0.0948. The maximum Gasteiger partial charge on any atom is 0.292 e. The van der Waals surface area contributed by atoms with E-state index in [1.165, 1.54) is 4.68 Å². The fourth-order valence-corrected chi connectivity index (χ4v) is 2.71. The van der Waals surface area contributed by atoms with Crippen molar-refractivity contribution in [3.63, 3.8) is 0 Å². The van der Waals surface area contributed by atoms with E-state index >= 15 is 0 Å². The first-order valence-electron chi connectivity index (χ1n) is 8.63. The number of carbonyl (C=O) groups is 1. The first-order chi connectivity index (χ1) is 14.1. The molecule has 0 aliphatic rings. The van der Waals surface area contributed by atoms with Crippen molar-refractivity contribution >= 4 is 17.9 Å². The van der Waals surface area contributed by atoms with Crippen LogP contribution in [0.5, 0.6) is 0 Å². The fourth-order valence-electron chi connectivity index (χ4n) is 2.71. The lowest BCUT2D eigenvalue weighted by Crippen LogP contribution is -2.22. The monoisotopic (exact) mass is 388 g/mol. The number of nitrogen functional groups attached to an aromatic ring is 1. The van der Waals surface area contributed by atoms with Gasteiger partial charge in [0.2, 0.25) is 11.6 Å². The molecular weight excluding hydrogens is 372 g/mol. The number of carbonyl (C=O) groups excluding carboxylic acids is 1. The van der Waals surface area contributed by atoms with Crippen LogP contribution in [-0.4, -0.2) is 37.4 Å². The second-order valence-electron chi connectivity index (χ2n) is 6.09. The number of hydrogen-bond donors (Lipinski definition) is 2. The fraction of sp³-hybridized carbons (Fsp3) is 0.0526. The molecule has 29 heavy (non-hydrogen) atoms. The van der Waals surface area contributed by atoms with Gasteiger partial charge in [0.05, 0.1) is 6.21 Å². The number of aryl methyl sites for hydroxylation is 1. The molecule has 4 rings (SSSR count). The summed E-state index contributed by atoms with van der Waals surface area (Å²) in [7, 11) is 0. The standard InChI is InChI=1S/C19H16N8O2/c1-12-7-5-6-10-14(12)11-21-23-19(28)16-15(13-8-3-2-4-9-13)22-26-27(16)18-17(20)24-29-25-18/h2-11H,1H3,(H2,20,24)(H,23,28)/b21-11-. The van der Waals surface area contributed by atoms with Gasteiger partial charge in [-0.05, 0) is 28.4 Å². The van der Waals surface area contributed by atoms with Crippen molar-refractivity contribution in [3.05, 3.63) is 71.4 Å². The molecule has 10 heteroatoms. The van der Waals surface area contributed by atoms with Gasteiger partial charge in [-0.2, -0.15) is 9.78 Å². The molecule has 2 heterocycles. The van der Waals surface area contributed by atoms with Crippen molar-refractivity contribution in [2.45, 2.75) is 6.92 Å². The molecule has 0 fully saturated rings. The maximum absolute atomic E-state index is 13.0. The largest absolute Gasteiger partial charge is 0.378 e. The Labute approximate surface area is 165 Å². The van der Waals surface area contributed by atoms with Crippen LogP contribution in [0.1, 0.15) is 21.6 Å². The summed E-state index contributed by atoms with van der Waals surface area (Å²) < 4.78 is 5.80. The first-order valence-corrected chi connectivity index (χ1v) is 8.63. The lowest BCUT2D eigenvalue weighted by Gasteiger charge is -2.05. The zero-order valence-corrected chi connectivity index (χ0v) is 15.4. The Kier molecular flexibility index (Phi) is 4.81. The molecule has 0 spiro atoms. The first kappa shape index (κ1) is 18.0. The number of anilines is 1. The molecule has 2 aromatic heterocycles. The quantitative estimate of drug-likeness (QED) is 0.394. The molecule has 1 amide bonds. The van der Waals surface area contributed by atoms with Crippen LogP contribution in [0.2, 0.25) is 0 Å². The molecule has 0 aliphatic heterocycles. The van der Waals surface area contributed by atoms with E-state index in [9.17, 15) is 4.79 Å². The molecule has 10 nitrogen and oxygen atoms in total. The third kappa shape index (κ3) is 3.58. The highest BCUT2D eigenvalue weighted by molar-refractivity contribution is 5.99. The molecule has 0 radical (unpaired) electrons. The van der Waals surface area contributed by atoms with Crippen LogP contribution in [0.25, 0.3) is 17.1 Å². The van der Waals surface area contributed by atoms with Crippen molar-refractivity contribution in [3.8, 4) is 17.1 Å². The highest BCUT2D eigenvalue weighted by atomic mass is 16.6. The summed E-state index contributed by atoms with van der Waals surface area (Å²) in [6, 6.07) is 16.8. The number of amides is 1. The van der Waals surface area contributed by atoms with Gasteiger partial charge in [0.15, 0.2) is 5.69 Å². The Balaban J connectivity index is 1.71. The van der Waals surface area contributed by atoms with Crippen LogP contribution in [0.4, 0.5) is 5.82 Å². The molecular formula is C19H16N8O2. The van der Waals surface area contributed by atoms with Gasteiger partial charge < -0.3 is 5.73 Å². The topological polar surface area (TPSA) is 137 Å². The van der Waals surface area contributed by atoms with Crippen molar-refractivity contribution in [2.75, 3.05) is 5.73 Å². The highest BCUT2D eigenvalue weighted by Gasteiger charge is 2.25. The second kappa shape index (κ2) is 7.72. The van der Waals surface area contributed by atoms with Crippen molar-refractivity contribution < 1.29 is 9.42 Å². The lowest BCUT2D eigenvalue weighted by atomic mass is 10.1. The van der Waals surface area contributed by atoms with Crippen LogP contribution < -0.4 is 11.2 Å². The third-order valence-corrected chi connectivity index (χ3v) is 4.19. The molecule has 144 valence electrons. The van der Waals surface area contributed by atoms with E-state index in [4.69, 9.17) is 5.73 Å². The zero-order valence-electron chi connectivity index (χ0n) is 15.4. The molecule has 0 unspecified atom stereocenters. The van der Waals surface area contributed by atoms with Crippen LogP contribution >= 0.6 is 0 Å². The Morgan fingerprint density at radius 3 is 2.62 bits per heavy atom. The van der Waals surface area contributed by atoms with Gasteiger partial charge in [-0.25, -0.2) is 10.1 Å². The van der Waals surface area contributed by atoms with Gasteiger partial charge in [-0.1, -0.05) is 59.8 Å². The molecule has 3 N–H and O–H groups in total. The SMILES string of the molecule is Cc1ccccc1/C=N\NC(=O)c1c(-c2ccccc2)nnn1-c1nonc1N. The number of hydrazone groups is 1. The van der Waals surface area contributed by atoms with Crippen molar-refractivity contribution in [2.24, 2.45) is 5.10 Å². The summed E-state index contributed by atoms with van der Waals surface area (Å²) in [6.07, 6.45) is 1.57. The second-order valence-corrected chi connectivity index (χ2v) is 6.09. The molecule has 0 aliphatic carbocycles. The van der Waals surface area contributed by atoms with E-state index in [-0.39, 0.29) is 17.3 Å². The minimum Gasteiger partial charge on any atom is -0.378 e. The number of aromatic nitrogens is 5. The Morgan fingerprint density at radius 1 is 1.14 bits per heavy atom. The summed E-state index contributed by atoms with van der Waals surface area (Å²) in [5.74, 6) is -0.499. The molecule has 0 bridgehead atoms. The average molecular weight is 388 g/mol. The molecule has 4 aromatic rings. The highest BCUT2D eigenvalue weighted by Crippen LogP contribution is 2.24. The van der Waals surface area contributed by atoms with Gasteiger partial charge in [0.25, 0.3) is 5.91 Å². The van der Waals surface area contributed by atoms with Crippen molar-refractivity contribution in [1.29, 1.82) is 0 Å². The number of nitrogens with one attached hydrogen (secondary N) is 1. The molecule has 0 saturated heterocycles. The van der Waals surface area contributed by atoms with E-state index in [2.05, 4.69) is 35.8 Å². The summed E-state index contributed by atoms with van der Waals surface area (Å²) >= 11 is 0. The van der Waals surface area contributed by atoms with Crippen LogP contribution in [0, 0.1) is 6.92 Å². The normalized spacial score (nSPS) is 11.1. The van der Waals surface area contributed by atoms with E-state index < -0.39 is 5.91 Å². The van der Waals surface area contributed by atoms with Crippen LogP contribution in [-0.2, 0) is 0 Å². The number of hydrogen-bond acceptors (Lipinski definition) is 8. The van der Waals surface area contributed by atoms with Gasteiger partial charge in [0.1, 0.15) is 5.69 Å². The Morgan fingerprint density at radius 2 is 1.90 bits per heavy atom. The predicted octanol–water partition coefficient (Wildman–Crippen LogP) is 1.97. The summed E-state index contributed by atoms with van der Waals surface area (Å²) in [5, 5.41) is 19.4. The van der Waals surface area contributed by atoms with Crippen LogP contribution in [0.15, 0.2) is 64.3 Å². The van der Waals surface area contributed by atoms with E-state index in [0.717, 1.165) is 11.1 Å². The zero-order chi connectivity index (χ0) is 20.2. The van der Waals surface area contributed by atoms with Gasteiger partial charge in [-0.15, -0.1) is 5.10 Å². The molecule has 2 aromatic carbocycles. The predicted molar refractivity (Wildman–Crippen MR) is 105 cm³/mol. The minimum atomic E-state index is -0.541. The van der Waals surface area contributed by atoms with Gasteiger partial charge >= 0.3 is 0 Å². The number of nitrogens with zero attached hydrogens (tertiary/aromatic N) is 6. The van der Waals surface area contributed by atoms with Crippen LogP contribution in [0.3, 0.4) is 0 Å². The Hall–Kier alpha value is -4.34. The summed E-state index contributed by atoms with van der Waals surface area (Å²) in [6.45, 7) is 1.95. The Bertz CT molecular complexity index is 1180. The molecule has 0 atom stereocenters. The van der Waals surface area contributed by atoms with Gasteiger partial charge in [0, 0.05) is 5.56 Å². The average Bonchev–Trinajstić information content (AvgIpc) is 3.36. The summed E-state index contributed by atoms with van der Waals surface area (Å²) in [5.41, 5.74) is 11.3.